The van der Waals surface area contributed by atoms with Crippen LogP contribution in [-0.4, -0.2) is 21.3 Å². The number of halogens is 3. The summed E-state index contributed by atoms with van der Waals surface area (Å²) >= 11 is 0. The first-order valence-electron chi connectivity index (χ1n) is 5.80. The highest BCUT2D eigenvalue weighted by atomic mass is 19.4. The SMILES string of the molecule is CCNCc1cccc(-n2ccc(C(F)(F)F)n2)n1. The molecule has 1 N–H and O–H groups in total. The van der Waals surface area contributed by atoms with Crippen LogP contribution in [0.25, 0.3) is 5.82 Å². The molecule has 2 heterocycles. The lowest BCUT2D eigenvalue weighted by Gasteiger charge is -2.05. The first-order chi connectivity index (χ1) is 9.00. The first kappa shape index (κ1) is 13.5. The van der Waals surface area contributed by atoms with E-state index in [2.05, 4.69) is 15.4 Å². The predicted octanol–water partition coefficient (Wildman–Crippen LogP) is 2.40. The largest absolute Gasteiger partial charge is 0.435 e. The molecule has 0 aliphatic heterocycles. The van der Waals surface area contributed by atoms with Crippen molar-refractivity contribution in [2.45, 2.75) is 19.6 Å². The summed E-state index contributed by atoms with van der Waals surface area (Å²) in [6, 6.07) is 6.09. The molecule has 0 aliphatic carbocycles. The molecule has 0 radical (unpaired) electrons. The maximum Gasteiger partial charge on any atom is 0.435 e. The second kappa shape index (κ2) is 5.40. The lowest BCUT2D eigenvalue weighted by Crippen LogP contribution is -2.14. The molecule has 2 aromatic rings. The van der Waals surface area contributed by atoms with Crippen molar-refractivity contribution in [2.24, 2.45) is 0 Å². The van der Waals surface area contributed by atoms with Crippen LogP contribution in [-0.2, 0) is 12.7 Å². The fourth-order valence-electron chi connectivity index (χ4n) is 1.55. The topological polar surface area (TPSA) is 42.7 Å². The molecular formula is C12H13F3N4. The highest BCUT2D eigenvalue weighted by molar-refractivity contribution is 5.24. The summed E-state index contributed by atoms with van der Waals surface area (Å²) < 4.78 is 38.5. The number of nitrogens with zero attached hydrogens (tertiary/aromatic N) is 3. The first-order valence-corrected chi connectivity index (χ1v) is 5.80. The average Bonchev–Trinajstić information content (AvgIpc) is 2.86. The molecule has 2 aromatic heterocycles. The third kappa shape index (κ3) is 3.31. The Labute approximate surface area is 108 Å². The molecule has 7 heteroatoms. The van der Waals surface area contributed by atoms with Crippen molar-refractivity contribution in [2.75, 3.05) is 6.54 Å². The molecule has 0 atom stereocenters. The number of nitrogens with one attached hydrogen (secondary N) is 1. The Morgan fingerprint density at radius 1 is 1.26 bits per heavy atom. The van der Waals surface area contributed by atoms with Crippen LogP contribution in [0.2, 0.25) is 0 Å². The van der Waals surface area contributed by atoms with Gasteiger partial charge in [-0.1, -0.05) is 13.0 Å². The molecule has 2 rings (SSSR count). The zero-order valence-corrected chi connectivity index (χ0v) is 10.3. The Balaban J connectivity index is 2.24. The fourth-order valence-corrected chi connectivity index (χ4v) is 1.55. The second-order valence-corrected chi connectivity index (χ2v) is 3.91. The van der Waals surface area contributed by atoms with Crippen LogP contribution >= 0.6 is 0 Å². The summed E-state index contributed by atoms with van der Waals surface area (Å²) in [7, 11) is 0. The van der Waals surface area contributed by atoms with Crippen molar-refractivity contribution in [3.8, 4) is 5.82 Å². The lowest BCUT2D eigenvalue weighted by molar-refractivity contribution is -0.141. The molecule has 4 nitrogen and oxygen atoms in total. The Hall–Kier alpha value is -1.89. The zero-order valence-electron chi connectivity index (χ0n) is 10.3. The van der Waals surface area contributed by atoms with Crippen LogP contribution in [0.4, 0.5) is 13.2 Å². The quantitative estimate of drug-likeness (QED) is 0.927. The van der Waals surface area contributed by atoms with Crippen LogP contribution < -0.4 is 5.32 Å². The maximum absolute atomic E-state index is 12.5. The van der Waals surface area contributed by atoms with E-state index in [0.29, 0.717) is 12.4 Å². The van der Waals surface area contributed by atoms with Gasteiger partial charge in [0.25, 0.3) is 0 Å². The second-order valence-electron chi connectivity index (χ2n) is 3.91. The number of hydrogen-bond donors (Lipinski definition) is 1. The van der Waals surface area contributed by atoms with E-state index in [1.165, 1.54) is 6.20 Å². The van der Waals surface area contributed by atoms with E-state index in [1.54, 1.807) is 18.2 Å². The van der Waals surface area contributed by atoms with Crippen LogP contribution in [0.1, 0.15) is 18.3 Å². The molecule has 0 spiro atoms. The predicted molar refractivity (Wildman–Crippen MR) is 63.7 cm³/mol. The van der Waals surface area contributed by atoms with E-state index in [0.717, 1.165) is 23.0 Å². The summed E-state index contributed by atoms with van der Waals surface area (Å²) in [4.78, 5) is 4.25. The summed E-state index contributed by atoms with van der Waals surface area (Å²) in [5.41, 5.74) is -0.171. The van der Waals surface area contributed by atoms with Gasteiger partial charge >= 0.3 is 6.18 Å². The van der Waals surface area contributed by atoms with E-state index in [1.807, 2.05) is 6.92 Å². The maximum atomic E-state index is 12.5. The number of rotatable bonds is 4. The van der Waals surface area contributed by atoms with Crippen molar-refractivity contribution in [1.29, 1.82) is 0 Å². The van der Waals surface area contributed by atoms with Crippen molar-refractivity contribution in [1.82, 2.24) is 20.1 Å². The molecule has 0 aromatic carbocycles. The molecule has 19 heavy (non-hydrogen) atoms. The minimum absolute atomic E-state index is 0.367. The Morgan fingerprint density at radius 3 is 2.68 bits per heavy atom. The molecular weight excluding hydrogens is 257 g/mol. The van der Waals surface area contributed by atoms with Crippen LogP contribution in [0.3, 0.4) is 0 Å². The Bertz CT molecular complexity index is 548. The van der Waals surface area contributed by atoms with Crippen molar-refractivity contribution in [3.05, 3.63) is 41.9 Å². The van der Waals surface area contributed by atoms with E-state index in [-0.39, 0.29) is 0 Å². The monoisotopic (exact) mass is 270 g/mol. The van der Waals surface area contributed by atoms with E-state index >= 15 is 0 Å². The third-order valence-corrected chi connectivity index (χ3v) is 2.46. The van der Waals surface area contributed by atoms with Gasteiger partial charge in [-0.2, -0.15) is 18.3 Å². The van der Waals surface area contributed by atoms with Crippen LogP contribution in [0.5, 0.6) is 0 Å². The molecule has 0 bridgehead atoms. The van der Waals surface area contributed by atoms with E-state index in [9.17, 15) is 13.2 Å². The van der Waals surface area contributed by atoms with Crippen LogP contribution in [0, 0.1) is 0 Å². The Morgan fingerprint density at radius 2 is 2.05 bits per heavy atom. The van der Waals surface area contributed by atoms with Gasteiger partial charge in [-0.3, -0.25) is 0 Å². The normalized spacial score (nSPS) is 11.8. The smallest absolute Gasteiger partial charge is 0.311 e. The lowest BCUT2D eigenvalue weighted by atomic mass is 10.3. The van der Waals surface area contributed by atoms with Crippen molar-refractivity contribution >= 4 is 0 Å². The fraction of sp³-hybridized carbons (Fsp3) is 0.333. The number of hydrogen-bond acceptors (Lipinski definition) is 3. The van der Waals surface area contributed by atoms with Crippen molar-refractivity contribution in [3.63, 3.8) is 0 Å². The standard InChI is InChI=1S/C12H13F3N4/c1-2-16-8-9-4-3-5-11(17-9)19-7-6-10(18-19)12(13,14)15/h3-7,16H,2,8H2,1H3. The molecule has 0 amide bonds. The third-order valence-electron chi connectivity index (χ3n) is 2.46. The molecule has 0 saturated heterocycles. The molecule has 0 unspecified atom stereocenters. The molecule has 0 aliphatic rings. The summed E-state index contributed by atoms with van der Waals surface area (Å²) in [5, 5.41) is 6.58. The van der Waals surface area contributed by atoms with Gasteiger partial charge in [0.15, 0.2) is 11.5 Å². The molecule has 0 fully saturated rings. The molecule has 102 valence electrons. The Kier molecular flexibility index (Phi) is 3.84. The van der Waals surface area contributed by atoms with Gasteiger partial charge in [-0.15, -0.1) is 0 Å². The van der Waals surface area contributed by atoms with Gasteiger partial charge in [-0.25, -0.2) is 9.67 Å². The van der Waals surface area contributed by atoms with E-state index in [4.69, 9.17) is 0 Å². The average molecular weight is 270 g/mol. The van der Waals surface area contributed by atoms with Gasteiger partial charge in [0.05, 0.1) is 5.69 Å². The number of aromatic nitrogens is 3. The van der Waals surface area contributed by atoms with Crippen LogP contribution in [0.15, 0.2) is 30.5 Å². The minimum atomic E-state index is -4.44. The van der Waals surface area contributed by atoms with E-state index < -0.39 is 11.9 Å². The van der Waals surface area contributed by atoms with Gasteiger partial charge in [0.2, 0.25) is 0 Å². The summed E-state index contributed by atoms with van der Waals surface area (Å²) in [5.74, 6) is 0.367. The zero-order chi connectivity index (χ0) is 13.9. The van der Waals surface area contributed by atoms with Crippen molar-refractivity contribution < 1.29 is 13.2 Å². The summed E-state index contributed by atoms with van der Waals surface area (Å²) in [6.45, 7) is 3.33. The number of pyridine rings is 1. The molecule has 0 saturated carbocycles. The minimum Gasteiger partial charge on any atom is -0.311 e. The van der Waals surface area contributed by atoms with Gasteiger partial charge in [0, 0.05) is 12.7 Å². The highest BCUT2D eigenvalue weighted by Crippen LogP contribution is 2.27. The number of alkyl halides is 3. The van der Waals surface area contributed by atoms with Gasteiger partial charge in [0.1, 0.15) is 0 Å². The highest BCUT2D eigenvalue weighted by Gasteiger charge is 2.33. The van der Waals surface area contributed by atoms with Gasteiger partial charge in [-0.05, 0) is 24.7 Å². The summed E-state index contributed by atoms with van der Waals surface area (Å²) in [6.07, 6.45) is -3.19. The van der Waals surface area contributed by atoms with Gasteiger partial charge < -0.3 is 5.32 Å².